The molecule has 3 heterocycles. The van der Waals surface area contributed by atoms with Crippen LogP contribution in [0.2, 0.25) is 0 Å². The van der Waals surface area contributed by atoms with Crippen LogP contribution in [0.3, 0.4) is 0 Å². The molecule has 0 atom stereocenters. The van der Waals surface area contributed by atoms with E-state index in [2.05, 4.69) is 312 Å². The highest BCUT2D eigenvalue weighted by Gasteiger charge is 2.20. The van der Waals surface area contributed by atoms with Gasteiger partial charge in [0.05, 0.1) is 0 Å². The zero-order chi connectivity index (χ0) is 53.2. The van der Waals surface area contributed by atoms with E-state index in [-0.39, 0.29) is 0 Å². The van der Waals surface area contributed by atoms with E-state index in [1.807, 2.05) is 34.8 Å². The molecule has 80 heavy (non-hydrogen) atoms. The summed E-state index contributed by atoms with van der Waals surface area (Å²) in [6.07, 6.45) is 0. The molecule has 0 aliphatic carbocycles. The molecule has 380 valence electrons. The smallest absolute Gasteiger partial charge is 0.143 e. The van der Waals surface area contributed by atoms with Crippen molar-refractivity contribution in [2.24, 2.45) is 0 Å². The summed E-state index contributed by atoms with van der Waals surface area (Å²) in [4.78, 5) is 12.0. The van der Waals surface area contributed by atoms with Crippen molar-refractivity contribution in [1.82, 2.24) is 0 Å². The SMILES string of the molecule is c1ccc(-c2ccc(-c3ccc(N(c4ccccc4)c4ccc(N(c5ccc(-c6cccc7c6oc6ccccc67)cc5)c5ccc(N(c6ccccc6)c6ccc(-c7ccc(-c8ccccc8)s7)cc6)cc5)cc4)cc3)s2)cc1. The molecule has 0 fully saturated rings. The van der Waals surface area contributed by atoms with Gasteiger partial charge in [-0.25, -0.2) is 0 Å². The number of hydrogen-bond donors (Lipinski definition) is 0. The maximum absolute atomic E-state index is 6.51. The average molecular weight is 1060 g/mol. The zero-order valence-electron chi connectivity index (χ0n) is 43.5. The minimum atomic E-state index is 0.891. The Morgan fingerprint density at radius 2 is 0.500 bits per heavy atom. The van der Waals surface area contributed by atoms with Crippen LogP contribution in [0.25, 0.3) is 74.8 Å². The van der Waals surface area contributed by atoms with Gasteiger partial charge in [-0.05, 0) is 167 Å². The molecule has 0 saturated carbocycles. The molecule has 14 rings (SSSR count). The van der Waals surface area contributed by atoms with Gasteiger partial charge in [-0.2, -0.15) is 0 Å². The molecule has 14 aromatic rings. The summed E-state index contributed by atoms with van der Waals surface area (Å²) < 4.78 is 6.51. The molecule has 0 spiro atoms. The first-order valence-electron chi connectivity index (χ1n) is 26.9. The third kappa shape index (κ3) is 9.53. The van der Waals surface area contributed by atoms with Crippen molar-refractivity contribution in [1.29, 1.82) is 0 Å². The van der Waals surface area contributed by atoms with Gasteiger partial charge in [0, 0.05) is 87.0 Å². The van der Waals surface area contributed by atoms with E-state index >= 15 is 0 Å². The molecule has 4 nitrogen and oxygen atoms in total. The van der Waals surface area contributed by atoms with Crippen LogP contribution >= 0.6 is 22.7 Å². The lowest BCUT2D eigenvalue weighted by Gasteiger charge is -2.29. The third-order valence-corrected chi connectivity index (χ3v) is 17.1. The summed E-state index contributed by atoms with van der Waals surface area (Å²) in [6, 6.07) is 111. The van der Waals surface area contributed by atoms with Gasteiger partial charge in [0.1, 0.15) is 11.2 Å². The number of benzene rings is 11. The van der Waals surface area contributed by atoms with Crippen molar-refractivity contribution in [3.63, 3.8) is 0 Å². The van der Waals surface area contributed by atoms with Gasteiger partial charge in [0.2, 0.25) is 0 Å². The lowest BCUT2D eigenvalue weighted by molar-refractivity contribution is 0.670. The van der Waals surface area contributed by atoms with Gasteiger partial charge in [0.15, 0.2) is 0 Å². The van der Waals surface area contributed by atoms with Crippen molar-refractivity contribution >= 4 is 95.8 Å². The van der Waals surface area contributed by atoms with Crippen LogP contribution in [-0.2, 0) is 0 Å². The fourth-order valence-corrected chi connectivity index (χ4v) is 12.8. The molecule has 0 saturated heterocycles. The summed E-state index contributed by atoms with van der Waals surface area (Å²) in [5.74, 6) is 0. The molecule has 0 unspecified atom stereocenters. The van der Waals surface area contributed by atoms with Crippen LogP contribution in [0.15, 0.2) is 314 Å². The lowest BCUT2D eigenvalue weighted by atomic mass is 10.0. The predicted octanol–water partition coefficient (Wildman–Crippen LogP) is 22.5. The van der Waals surface area contributed by atoms with Crippen molar-refractivity contribution in [3.05, 3.63) is 309 Å². The summed E-state index contributed by atoms with van der Waals surface area (Å²) in [7, 11) is 0. The number of thiophene rings is 2. The maximum Gasteiger partial charge on any atom is 0.143 e. The Balaban J connectivity index is 0.815. The van der Waals surface area contributed by atoms with Crippen molar-refractivity contribution in [3.8, 4) is 52.9 Å². The topological polar surface area (TPSA) is 22.9 Å². The maximum atomic E-state index is 6.51. The number of rotatable bonds is 14. The number of furan rings is 1. The van der Waals surface area contributed by atoms with E-state index in [1.165, 1.54) is 41.8 Å². The Morgan fingerprint density at radius 3 is 0.887 bits per heavy atom. The largest absolute Gasteiger partial charge is 0.455 e. The Bertz CT molecular complexity index is 4160. The van der Waals surface area contributed by atoms with Crippen LogP contribution in [0.1, 0.15) is 0 Å². The van der Waals surface area contributed by atoms with Crippen LogP contribution in [0.5, 0.6) is 0 Å². The molecule has 0 aliphatic rings. The Hall–Kier alpha value is -9.98. The van der Waals surface area contributed by atoms with Crippen LogP contribution in [0.4, 0.5) is 51.2 Å². The van der Waals surface area contributed by atoms with Gasteiger partial charge < -0.3 is 19.1 Å². The van der Waals surface area contributed by atoms with Crippen molar-refractivity contribution in [2.75, 3.05) is 14.7 Å². The number of fused-ring (bicyclic) bond motifs is 3. The summed E-state index contributed by atoms with van der Waals surface area (Å²) in [5.41, 5.74) is 18.3. The normalized spacial score (nSPS) is 11.2. The molecular weight excluding hydrogens is 1010 g/mol. The highest BCUT2D eigenvalue weighted by atomic mass is 32.1. The fourth-order valence-electron chi connectivity index (χ4n) is 10.8. The van der Waals surface area contributed by atoms with E-state index in [0.29, 0.717) is 0 Å². The Morgan fingerprint density at radius 1 is 0.212 bits per heavy atom. The molecule has 11 aromatic carbocycles. The standard InChI is InChI=1S/C74H51N3OS2/c1-5-16-53(17-6-1)70-48-50-72(79-70)55-30-36-60(37-31-55)75(57-20-9-3-10-21-57)62-40-44-64(45-41-62)77(59-34-28-52(29-35-59)66-25-15-26-68-67-24-13-14-27-69(67)78-74(66)68)65-46-42-63(43-47-65)76(58-22-11-4-12-23-58)61-38-32-56(33-39-61)73-51-49-71(80-73)54-18-7-2-8-19-54/h1-51H. The third-order valence-electron chi connectivity index (χ3n) is 14.8. The van der Waals surface area contributed by atoms with E-state index in [9.17, 15) is 0 Å². The van der Waals surface area contributed by atoms with E-state index in [1.54, 1.807) is 0 Å². The van der Waals surface area contributed by atoms with Crippen LogP contribution < -0.4 is 14.7 Å². The monoisotopic (exact) mass is 1060 g/mol. The van der Waals surface area contributed by atoms with E-state index in [4.69, 9.17) is 4.42 Å². The molecule has 0 amide bonds. The molecule has 6 heteroatoms. The Labute approximate surface area is 474 Å². The first kappa shape index (κ1) is 48.4. The molecule has 0 radical (unpaired) electrons. The average Bonchev–Trinajstić information content (AvgIpc) is 4.35. The first-order chi connectivity index (χ1) is 39.6. The number of hydrogen-bond acceptors (Lipinski definition) is 6. The van der Waals surface area contributed by atoms with Gasteiger partial charge in [-0.1, -0.05) is 170 Å². The fraction of sp³-hybridized carbons (Fsp3) is 0. The Kier molecular flexibility index (Phi) is 13.0. The zero-order valence-corrected chi connectivity index (χ0v) is 45.1. The second kappa shape index (κ2) is 21.4. The van der Waals surface area contributed by atoms with Crippen LogP contribution in [0, 0.1) is 0 Å². The molecule has 0 N–H and O–H groups in total. The predicted molar refractivity (Wildman–Crippen MR) is 341 cm³/mol. The second-order valence-electron chi connectivity index (χ2n) is 19.7. The second-order valence-corrected chi connectivity index (χ2v) is 21.9. The van der Waals surface area contributed by atoms with E-state index < -0.39 is 0 Å². The molecule has 0 bridgehead atoms. The highest BCUT2D eigenvalue weighted by Crippen LogP contribution is 2.45. The molecule has 0 aliphatic heterocycles. The summed E-state index contributed by atoms with van der Waals surface area (Å²) in [6.45, 7) is 0. The van der Waals surface area contributed by atoms with Crippen molar-refractivity contribution < 1.29 is 4.42 Å². The molecular formula is C74H51N3OS2. The van der Waals surface area contributed by atoms with Gasteiger partial charge in [-0.3, -0.25) is 0 Å². The van der Waals surface area contributed by atoms with Crippen LogP contribution in [-0.4, -0.2) is 0 Å². The first-order valence-corrected chi connectivity index (χ1v) is 28.5. The van der Waals surface area contributed by atoms with E-state index in [0.717, 1.165) is 84.3 Å². The minimum Gasteiger partial charge on any atom is -0.455 e. The lowest BCUT2D eigenvalue weighted by Crippen LogP contribution is -2.13. The summed E-state index contributed by atoms with van der Waals surface area (Å²) >= 11 is 3.64. The highest BCUT2D eigenvalue weighted by molar-refractivity contribution is 7.19. The van der Waals surface area contributed by atoms with Gasteiger partial charge >= 0.3 is 0 Å². The van der Waals surface area contributed by atoms with Gasteiger partial charge in [0.25, 0.3) is 0 Å². The number of para-hydroxylation sites is 4. The number of nitrogens with zero attached hydrogens (tertiary/aromatic N) is 3. The quantitative estimate of drug-likeness (QED) is 0.108. The number of anilines is 9. The minimum absolute atomic E-state index is 0.891. The van der Waals surface area contributed by atoms with Gasteiger partial charge in [-0.15, -0.1) is 22.7 Å². The summed E-state index contributed by atoms with van der Waals surface area (Å²) in [5, 5.41) is 2.24. The molecule has 3 aromatic heterocycles. The van der Waals surface area contributed by atoms with Crippen molar-refractivity contribution in [2.45, 2.75) is 0 Å².